The Morgan fingerprint density at radius 2 is 1.90 bits per heavy atom. The number of fused-ring (bicyclic) bond motifs is 1. The van der Waals surface area contributed by atoms with Crippen molar-refractivity contribution in [1.29, 1.82) is 0 Å². The zero-order chi connectivity index (χ0) is 21.5. The highest BCUT2D eigenvalue weighted by Crippen LogP contribution is 2.27. The number of imidazole rings is 1. The Labute approximate surface area is 184 Å². The molecule has 0 spiro atoms. The minimum Gasteiger partial charge on any atom is -0.493 e. The van der Waals surface area contributed by atoms with Crippen molar-refractivity contribution in [1.82, 2.24) is 14.9 Å². The SMILES string of the molecule is COc1ccccc1OCCSc1nc2ccccc2n1CC(=O)NCc1ccco1. The van der Waals surface area contributed by atoms with Crippen molar-refractivity contribution in [2.45, 2.75) is 18.2 Å². The van der Waals surface area contributed by atoms with Gasteiger partial charge in [-0.15, -0.1) is 0 Å². The van der Waals surface area contributed by atoms with E-state index in [2.05, 4.69) is 5.32 Å². The number of thioether (sulfide) groups is 1. The number of methoxy groups -OCH3 is 1. The fourth-order valence-corrected chi connectivity index (χ4v) is 3.97. The number of aromatic nitrogens is 2. The van der Waals surface area contributed by atoms with E-state index >= 15 is 0 Å². The van der Waals surface area contributed by atoms with Crippen molar-refractivity contribution in [3.05, 3.63) is 72.7 Å². The van der Waals surface area contributed by atoms with Gasteiger partial charge in [0.15, 0.2) is 16.7 Å². The van der Waals surface area contributed by atoms with E-state index in [0.29, 0.717) is 36.2 Å². The van der Waals surface area contributed by atoms with Crippen molar-refractivity contribution in [2.75, 3.05) is 19.5 Å². The second-order valence-electron chi connectivity index (χ2n) is 6.67. The summed E-state index contributed by atoms with van der Waals surface area (Å²) in [5.74, 6) is 2.69. The van der Waals surface area contributed by atoms with Gasteiger partial charge in [0.25, 0.3) is 0 Å². The molecule has 0 aliphatic rings. The molecule has 7 nitrogen and oxygen atoms in total. The summed E-state index contributed by atoms with van der Waals surface area (Å²) in [6, 6.07) is 19.0. The number of carbonyl (C=O) groups is 1. The highest BCUT2D eigenvalue weighted by molar-refractivity contribution is 7.99. The summed E-state index contributed by atoms with van der Waals surface area (Å²) in [4.78, 5) is 17.2. The van der Waals surface area contributed by atoms with Gasteiger partial charge in [-0.1, -0.05) is 36.0 Å². The quantitative estimate of drug-likeness (QED) is 0.297. The predicted molar refractivity (Wildman–Crippen MR) is 120 cm³/mol. The molecule has 0 unspecified atom stereocenters. The summed E-state index contributed by atoms with van der Waals surface area (Å²) in [6.07, 6.45) is 1.59. The Bertz CT molecular complexity index is 1140. The summed E-state index contributed by atoms with van der Waals surface area (Å²) < 4.78 is 18.4. The number of carbonyl (C=O) groups excluding carboxylic acids is 1. The minimum atomic E-state index is -0.105. The molecule has 4 aromatic rings. The van der Waals surface area contributed by atoms with Gasteiger partial charge in [-0.2, -0.15) is 0 Å². The van der Waals surface area contributed by atoms with E-state index in [-0.39, 0.29) is 12.5 Å². The third-order valence-corrected chi connectivity index (χ3v) is 5.54. The van der Waals surface area contributed by atoms with Gasteiger partial charge in [-0.25, -0.2) is 4.98 Å². The van der Waals surface area contributed by atoms with Crippen LogP contribution in [0.1, 0.15) is 5.76 Å². The van der Waals surface area contributed by atoms with Gasteiger partial charge < -0.3 is 23.8 Å². The molecule has 0 bridgehead atoms. The molecule has 31 heavy (non-hydrogen) atoms. The number of furan rings is 1. The molecule has 0 saturated carbocycles. The van der Waals surface area contributed by atoms with Crippen molar-refractivity contribution in [2.24, 2.45) is 0 Å². The number of para-hydroxylation sites is 4. The van der Waals surface area contributed by atoms with E-state index in [1.165, 1.54) is 0 Å². The van der Waals surface area contributed by atoms with Crippen molar-refractivity contribution < 1.29 is 18.7 Å². The van der Waals surface area contributed by atoms with E-state index in [0.717, 1.165) is 16.2 Å². The number of nitrogens with one attached hydrogen (secondary N) is 1. The zero-order valence-electron chi connectivity index (χ0n) is 17.1. The van der Waals surface area contributed by atoms with E-state index in [4.69, 9.17) is 18.9 Å². The molecule has 0 atom stereocenters. The maximum absolute atomic E-state index is 12.5. The van der Waals surface area contributed by atoms with Crippen LogP contribution in [-0.4, -0.2) is 34.9 Å². The molecule has 160 valence electrons. The lowest BCUT2D eigenvalue weighted by Gasteiger charge is -2.11. The number of benzene rings is 2. The molecule has 0 radical (unpaired) electrons. The molecule has 0 fully saturated rings. The van der Waals surface area contributed by atoms with E-state index in [1.807, 2.05) is 59.2 Å². The van der Waals surface area contributed by atoms with Gasteiger partial charge in [0, 0.05) is 5.75 Å². The first-order valence-corrected chi connectivity index (χ1v) is 10.9. The molecule has 2 aromatic carbocycles. The van der Waals surface area contributed by atoms with Crippen molar-refractivity contribution >= 4 is 28.7 Å². The Morgan fingerprint density at radius 3 is 2.71 bits per heavy atom. The Balaban J connectivity index is 1.40. The molecule has 4 rings (SSSR count). The lowest BCUT2D eigenvalue weighted by molar-refractivity contribution is -0.122. The number of nitrogens with zero attached hydrogens (tertiary/aromatic N) is 2. The Kier molecular flexibility index (Phi) is 6.78. The zero-order valence-corrected chi connectivity index (χ0v) is 17.9. The normalized spacial score (nSPS) is 10.9. The fraction of sp³-hybridized carbons (Fsp3) is 0.217. The highest BCUT2D eigenvalue weighted by atomic mass is 32.2. The second-order valence-corrected chi connectivity index (χ2v) is 7.74. The smallest absolute Gasteiger partial charge is 0.240 e. The van der Waals surface area contributed by atoms with E-state index < -0.39 is 0 Å². The number of rotatable bonds is 10. The van der Waals surface area contributed by atoms with Gasteiger partial charge in [0.05, 0.1) is 37.6 Å². The van der Waals surface area contributed by atoms with E-state index in [1.54, 1.807) is 31.2 Å². The number of amides is 1. The van der Waals surface area contributed by atoms with Gasteiger partial charge in [-0.3, -0.25) is 4.79 Å². The first-order chi connectivity index (χ1) is 15.2. The lowest BCUT2D eigenvalue weighted by Crippen LogP contribution is -2.27. The maximum Gasteiger partial charge on any atom is 0.240 e. The number of hydrogen-bond acceptors (Lipinski definition) is 6. The maximum atomic E-state index is 12.5. The average Bonchev–Trinajstić information content (AvgIpc) is 3.44. The molecule has 2 aromatic heterocycles. The first kappa shape index (κ1) is 20.9. The third-order valence-electron chi connectivity index (χ3n) is 4.60. The molecular weight excluding hydrogens is 414 g/mol. The second kappa shape index (κ2) is 10.1. The van der Waals surface area contributed by atoms with Crippen LogP contribution in [0.15, 0.2) is 76.5 Å². The fourth-order valence-electron chi connectivity index (χ4n) is 3.14. The van der Waals surface area contributed by atoms with Crippen LogP contribution >= 0.6 is 11.8 Å². The lowest BCUT2D eigenvalue weighted by atomic mass is 10.3. The molecule has 0 saturated heterocycles. The molecule has 2 heterocycles. The van der Waals surface area contributed by atoms with Crippen LogP contribution in [-0.2, 0) is 17.9 Å². The predicted octanol–water partition coefficient (Wildman–Crippen LogP) is 4.13. The van der Waals surface area contributed by atoms with Gasteiger partial charge in [0.1, 0.15) is 12.3 Å². The van der Waals surface area contributed by atoms with Crippen LogP contribution in [0.2, 0.25) is 0 Å². The molecular formula is C23H23N3O4S. The largest absolute Gasteiger partial charge is 0.493 e. The Hall–Kier alpha value is -3.39. The number of hydrogen-bond donors (Lipinski definition) is 1. The molecule has 1 amide bonds. The van der Waals surface area contributed by atoms with Gasteiger partial charge in [-0.05, 0) is 36.4 Å². The molecule has 8 heteroatoms. The van der Waals surface area contributed by atoms with Crippen LogP contribution in [0.4, 0.5) is 0 Å². The standard InChI is InChI=1S/C23H23N3O4S/c1-28-20-10-4-5-11-21(20)30-13-14-31-23-25-18-8-2-3-9-19(18)26(23)16-22(27)24-15-17-7-6-12-29-17/h2-12H,13-16H2,1H3,(H,24,27). The van der Waals surface area contributed by atoms with Crippen LogP contribution in [0.3, 0.4) is 0 Å². The molecule has 1 N–H and O–H groups in total. The van der Waals surface area contributed by atoms with E-state index in [9.17, 15) is 4.79 Å². The van der Waals surface area contributed by atoms with Crippen molar-refractivity contribution in [3.8, 4) is 11.5 Å². The van der Waals surface area contributed by atoms with Crippen LogP contribution < -0.4 is 14.8 Å². The van der Waals surface area contributed by atoms with Gasteiger partial charge in [0.2, 0.25) is 5.91 Å². The van der Waals surface area contributed by atoms with Crippen molar-refractivity contribution in [3.63, 3.8) is 0 Å². The summed E-state index contributed by atoms with van der Waals surface area (Å²) in [6.45, 7) is 1.02. The summed E-state index contributed by atoms with van der Waals surface area (Å²) in [7, 11) is 1.62. The number of ether oxygens (including phenoxy) is 2. The van der Waals surface area contributed by atoms with Crippen LogP contribution in [0, 0.1) is 0 Å². The topological polar surface area (TPSA) is 78.5 Å². The first-order valence-electron chi connectivity index (χ1n) is 9.87. The minimum absolute atomic E-state index is 0.105. The molecule has 0 aliphatic heterocycles. The summed E-state index contributed by atoms with van der Waals surface area (Å²) >= 11 is 1.55. The van der Waals surface area contributed by atoms with Crippen LogP contribution in [0.5, 0.6) is 11.5 Å². The third kappa shape index (κ3) is 5.21. The summed E-state index contributed by atoms with van der Waals surface area (Å²) in [5.41, 5.74) is 1.78. The monoisotopic (exact) mass is 437 g/mol. The van der Waals surface area contributed by atoms with Gasteiger partial charge >= 0.3 is 0 Å². The summed E-state index contributed by atoms with van der Waals surface area (Å²) in [5, 5.41) is 3.66. The average molecular weight is 438 g/mol. The highest BCUT2D eigenvalue weighted by Gasteiger charge is 2.14. The van der Waals surface area contributed by atoms with Crippen LogP contribution in [0.25, 0.3) is 11.0 Å². The molecule has 0 aliphatic carbocycles. The Morgan fingerprint density at radius 1 is 1.10 bits per heavy atom.